The summed E-state index contributed by atoms with van der Waals surface area (Å²) in [6.07, 6.45) is 3.36. The van der Waals surface area contributed by atoms with Crippen LogP contribution in [0.15, 0.2) is 11.8 Å². The average molecular weight is 186 g/mol. The second-order valence-corrected chi connectivity index (χ2v) is 4.45. The first kappa shape index (κ1) is 11.9. The third kappa shape index (κ3) is 2.73. The molecule has 0 saturated heterocycles. The van der Waals surface area contributed by atoms with E-state index in [1.807, 2.05) is 0 Å². The Morgan fingerprint density at radius 2 is 1.58 bits per heavy atom. The summed E-state index contributed by atoms with van der Waals surface area (Å²) >= 11 is 0. The predicted molar refractivity (Wildman–Crippen MR) is 59.5 cm³/mol. The van der Waals surface area contributed by atoms with E-state index in [0.717, 1.165) is 16.7 Å². The Labute approximate surface area is 79.7 Å². The number of nitrogens with zero attached hydrogens (tertiary/aromatic N) is 2. The molecule has 2 nitrogen and oxygen atoms in total. The lowest BCUT2D eigenvalue weighted by Gasteiger charge is -2.41. The molecular weight excluding hydrogens is 164 g/mol. The fourth-order valence-electron chi connectivity index (χ4n) is 1.11. The summed E-state index contributed by atoms with van der Waals surface area (Å²) in [5.74, 6) is 0. The third-order valence-corrected chi connectivity index (χ3v) is 3.14. The molecule has 0 bridgehead atoms. The van der Waals surface area contributed by atoms with Crippen LogP contribution >= 0.6 is 0 Å². The quantitative estimate of drug-likeness (QED) is 0.454. The number of hydrogen-bond donors (Lipinski definition) is 0. The zero-order valence-corrected chi connectivity index (χ0v) is 11.3. The van der Waals surface area contributed by atoms with Crippen molar-refractivity contribution in [1.29, 1.82) is 0 Å². The summed E-state index contributed by atoms with van der Waals surface area (Å²) in [6.45, 7) is 2.26. The van der Waals surface area contributed by atoms with Gasteiger partial charge in [0.1, 0.15) is 0 Å². The highest BCUT2D eigenvalue weighted by molar-refractivity contribution is 6.16. The highest BCUT2D eigenvalue weighted by atomic mass is 28.1. The van der Waals surface area contributed by atoms with Crippen LogP contribution in [0, 0.1) is 0 Å². The molecule has 0 aromatic heterocycles. The molecule has 0 aromatic rings. The van der Waals surface area contributed by atoms with E-state index < -0.39 is 0 Å². The molecule has 0 heterocycles. The summed E-state index contributed by atoms with van der Waals surface area (Å²) in [7, 11) is 9.66. The lowest BCUT2D eigenvalue weighted by molar-refractivity contribution is 0.0243. The van der Waals surface area contributed by atoms with Crippen LogP contribution in [0.25, 0.3) is 0 Å². The van der Waals surface area contributed by atoms with E-state index in [1.165, 1.54) is 0 Å². The molecule has 0 aliphatic heterocycles. The summed E-state index contributed by atoms with van der Waals surface area (Å²) in [4.78, 5) is 4.52. The van der Waals surface area contributed by atoms with Crippen molar-refractivity contribution in [3.8, 4) is 0 Å². The van der Waals surface area contributed by atoms with Crippen molar-refractivity contribution < 1.29 is 0 Å². The minimum absolute atomic E-state index is 0.154. The van der Waals surface area contributed by atoms with Gasteiger partial charge in [0.15, 0.2) is 0 Å². The zero-order chi connectivity index (χ0) is 9.78. The molecule has 0 aliphatic rings. The Kier molecular flexibility index (Phi) is 4.75. The van der Waals surface area contributed by atoms with Crippen molar-refractivity contribution in [1.82, 2.24) is 9.80 Å². The van der Waals surface area contributed by atoms with Crippen molar-refractivity contribution in [2.45, 2.75) is 19.0 Å². The molecule has 0 N–H and O–H groups in total. The van der Waals surface area contributed by atoms with Gasteiger partial charge in [-0.15, -0.1) is 5.70 Å². The zero-order valence-electron chi connectivity index (χ0n) is 9.26. The predicted octanol–water partition coefficient (Wildman–Crippen LogP) is 0.0950. The summed E-state index contributed by atoms with van der Waals surface area (Å²) in [5, 5.41) is 0. The van der Waals surface area contributed by atoms with E-state index in [0.29, 0.717) is 0 Å². The Balaban J connectivity index is 4.39. The van der Waals surface area contributed by atoms with Crippen molar-refractivity contribution >= 4 is 10.2 Å². The maximum absolute atomic E-state index is 2.27. The first-order valence-electron chi connectivity index (χ1n) is 4.41. The standard InChI is InChI=1S/C9H22N2Si/c1-9(10(2)3,11(4)5)7-6-8-12/h6,8H,7H2,1-5,12H3/b8-6+. The molecule has 72 valence electrons. The molecule has 0 radical (unpaired) electrons. The Morgan fingerprint density at radius 1 is 1.17 bits per heavy atom. The largest absolute Gasteiger partial charge is 0.291 e. The van der Waals surface area contributed by atoms with E-state index >= 15 is 0 Å². The van der Waals surface area contributed by atoms with E-state index in [4.69, 9.17) is 0 Å². The van der Waals surface area contributed by atoms with E-state index in [2.05, 4.69) is 56.7 Å². The summed E-state index contributed by atoms with van der Waals surface area (Å²) in [5.41, 5.74) is 2.40. The van der Waals surface area contributed by atoms with Crippen LogP contribution in [0.3, 0.4) is 0 Å². The fraction of sp³-hybridized carbons (Fsp3) is 0.778. The minimum Gasteiger partial charge on any atom is -0.291 e. The van der Waals surface area contributed by atoms with Crippen molar-refractivity contribution in [3.63, 3.8) is 0 Å². The van der Waals surface area contributed by atoms with Gasteiger partial charge in [-0.1, -0.05) is 6.08 Å². The van der Waals surface area contributed by atoms with E-state index in [-0.39, 0.29) is 5.66 Å². The molecule has 0 spiro atoms. The van der Waals surface area contributed by atoms with Crippen molar-refractivity contribution in [2.75, 3.05) is 28.2 Å². The molecule has 12 heavy (non-hydrogen) atoms. The van der Waals surface area contributed by atoms with E-state index in [1.54, 1.807) is 0 Å². The van der Waals surface area contributed by atoms with Gasteiger partial charge in [-0.05, 0) is 41.5 Å². The molecule has 3 heteroatoms. The van der Waals surface area contributed by atoms with Gasteiger partial charge in [0.25, 0.3) is 0 Å². The topological polar surface area (TPSA) is 6.48 Å². The SMILES string of the molecule is CN(C)C(C)(C/C=C/[SiH3])N(C)C. The van der Waals surface area contributed by atoms with Crippen LogP contribution in [0.2, 0.25) is 0 Å². The van der Waals surface area contributed by atoms with Crippen LogP contribution in [0.5, 0.6) is 0 Å². The van der Waals surface area contributed by atoms with Gasteiger partial charge in [0.05, 0.1) is 5.66 Å². The Bertz CT molecular complexity index is 145. The van der Waals surface area contributed by atoms with Gasteiger partial charge in [0, 0.05) is 10.2 Å². The van der Waals surface area contributed by atoms with Gasteiger partial charge in [0.2, 0.25) is 0 Å². The van der Waals surface area contributed by atoms with Crippen LogP contribution in [0.1, 0.15) is 13.3 Å². The van der Waals surface area contributed by atoms with Gasteiger partial charge >= 0.3 is 0 Å². The second-order valence-electron chi connectivity index (χ2n) is 3.78. The number of hydrogen-bond acceptors (Lipinski definition) is 2. The van der Waals surface area contributed by atoms with Crippen LogP contribution < -0.4 is 0 Å². The maximum Gasteiger partial charge on any atom is 0.0733 e. The lowest BCUT2D eigenvalue weighted by atomic mass is 10.1. The second kappa shape index (κ2) is 4.79. The lowest BCUT2D eigenvalue weighted by Crippen LogP contribution is -2.52. The van der Waals surface area contributed by atoms with Crippen LogP contribution in [0.4, 0.5) is 0 Å². The highest BCUT2D eigenvalue weighted by Crippen LogP contribution is 2.19. The van der Waals surface area contributed by atoms with Gasteiger partial charge in [-0.25, -0.2) is 0 Å². The van der Waals surface area contributed by atoms with Crippen molar-refractivity contribution in [2.24, 2.45) is 0 Å². The molecule has 0 fully saturated rings. The summed E-state index contributed by atoms with van der Waals surface area (Å²) in [6, 6.07) is 0. The molecule has 0 rings (SSSR count). The van der Waals surface area contributed by atoms with E-state index in [9.17, 15) is 0 Å². The van der Waals surface area contributed by atoms with Gasteiger partial charge in [-0.3, -0.25) is 9.80 Å². The first-order chi connectivity index (χ1) is 5.45. The highest BCUT2D eigenvalue weighted by Gasteiger charge is 2.27. The van der Waals surface area contributed by atoms with Crippen LogP contribution in [-0.2, 0) is 0 Å². The first-order valence-corrected chi connectivity index (χ1v) is 5.56. The Hall–Kier alpha value is -0.123. The molecule has 0 amide bonds. The van der Waals surface area contributed by atoms with Gasteiger partial charge in [-0.2, -0.15) is 0 Å². The van der Waals surface area contributed by atoms with Crippen LogP contribution in [-0.4, -0.2) is 53.9 Å². The molecule has 0 unspecified atom stereocenters. The summed E-state index contributed by atoms with van der Waals surface area (Å²) < 4.78 is 0. The average Bonchev–Trinajstić information content (AvgIpc) is 1.99. The van der Waals surface area contributed by atoms with Gasteiger partial charge < -0.3 is 0 Å². The molecule has 0 saturated carbocycles. The molecular formula is C9H22N2Si. The molecule has 0 aliphatic carbocycles. The number of rotatable bonds is 4. The fourth-order valence-corrected chi connectivity index (χ4v) is 1.34. The normalized spacial score (nSPS) is 13.9. The molecule has 0 aromatic carbocycles. The van der Waals surface area contributed by atoms with Crippen molar-refractivity contribution in [3.05, 3.63) is 11.8 Å². The smallest absolute Gasteiger partial charge is 0.0733 e. The molecule has 0 atom stereocenters. The maximum atomic E-state index is 2.27. The monoisotopic (exact) mass is 186 g/mol. The Morgan fingerprint density at radius 3 is 1.83 bits per heavy atom. The minimum atomic E-state index is 0.154. The third-order valence-electron chi connectivity index (χ3n) is 2.67.